The highest BCUT2D eigenvalue weighted by Crippen LogP contribution is 2.31. The molecule has 0 aliphatic heterocycles. The predicted octanol–water partition coefficient (Wildman–Crippen LogP) is 3.43. The Bertz CT molecular complexity index is 348. The Kier molecular flexibility index (Phi) is 4.40. The topological polar surface area (TPSA) is 35.2 Å². The Morgan fingerprint density at radius 3 is 2.18 bits per heavy atom. The quantitative estimate of drug-likeness (QED) is 0.884. The van der Waals surface area contributed by atoms with Gasteiger partial charge in [-0.1, -0.05) is 19.1 Å². The van der Waals surface area contributed by atoms with E-state index in [9.17, 15) is 13.2 Å². The van der Waals surface area contributed by atoms with E-state index >= 15 is 0 Å². The summed E-state index contributed by atoms with van der Waals surface area (Å²) in [6.45, 7) is 3.87. The predicted molar refractivity (Wildman–Crippen MR) is 59.8 cm³/mol. The molecule has 1 aromatic carbocycles. The van der Waals surface area contributed by atoms with Crippen molar-refractivity contribution in [3.63, 3.8) is 0 Å². The number of rotatable bonds is 4. The van der Waals surface area contributed by atoms with Gasteiger partial charge in [0.15, 0.2) is 0 Å². The summed E-state index contributed by atoms with van der Waals surface area (Å²) in [4.78, 5) is 0. The lowest BCUT2D eigenvalue weighted by molar-refractivity contribution is -0.149. The van der Waals surface area contributed by atoms with Crippen molar-refractivity contribution >= 4 is 0 Å². The van der Waals surface area contributed by atoms with Crippen LogP contribution in [-0.2, 0) is 0 Å². The zero-order chi connectivity index (χ0) is 13.1. The van der Waals surface area contributed by atoms with Crippen LogP contribution in [0.1, 0.15) is 31.9 Å². The highest BCUT2D eigenvalue weighted by atomic mass is 19.4. The van der Waals surface area contributed by atoms with Crippen LogP contribution in [0.2, 0.25) is 0 Å². The van der Waals surface area contributed by atoms with Gasteiger partial charge in [-0.2, -0.15) is 13.2 Å². The maximum absolute atomic E-state index is 12.3. The zero-order valence-electron chi connectivity index (χ0n) is 9.79. The van der Waals surface area contributed by atoms with Gasteiger partial charge in [0.2, 0.25) is 0 Å². The summed E-state index contributed by atoms with van der Waals surface area (Å²) >= 11 is 0. The Labute approximate surface area is 98.6 Å². The molecule has 0 fully saturated rings. The number of hydrogen-bond donors (Lipinski definition) is 1. The van der Waals surface area contributed by atoms with Crippen LogP contribution >= 0.6 is 0 Å². The number of halogens is 3. The van der Waals surface area contributed by atoms with Crippen LogP contribution in [0.4, 0.5) is 13.2 Å². The molecule has 0 radical (unpaired) electrons. The van der Waals surface area contributed by atoms with Crippen molar-refractivity contribution in [2.75, 3.05) is 0 Å². The first kappa shape index (κ1) is 13.8. The maximum Gasteiger partial charge on any atom is 0.407 e. The summed E-state index contributed by atoms with van der Waals surface area (Å²) in [6, 6.07) is 3.76. The van der Waals surface area contributed by atoms with Gasteiger partial charge in [-0.3, -0.25) is 0 Å². The second-order valence-corrected chi connectivity index (χ2v) is 3.93. The van der Waals surface area contributed by atoms with Crippen molar-refractivity contribution in [3.8, 4) is 5.75 Å². The minimum Gasteiger partial charge on any atom is -0.491 e. The molecule has 2 atom stereocenters. The summed E-state index contributed by atoms with van der Waals surface area (Å²) in [7, 11) is 0. The molecule has 0 amide bonds. The van der Waals surface area contributed by atoms with Gasteiger partial charge in [0.05, 0.1) is 6.10 Å². The molecule has 1 unspecified atom stereocenters. The number of nitrogens with two attached hydrogens (primary N) is 1. The fourth-order valence-electron chi connectivity index (χ4n) is 1.26. The fourth-order valence-corrected chi connectivity index (χ4v) is 1.26. The van der Waals surface area contributed by atoms with Crippen LogP contribution in [0.25, 0.3) is 0 Å². The first-order valence-corrected chi connectivity index (χ1v) is 5.43. The molecule has 5 heteroatoms. The van der Waals surface area contributed by atoms with Crippen LogP contribution in [0.15, 0.2) is 24.3 Å². The van der Waals surface area contributed by atoms with Crippen molar-refractivity contribution in [2.45, 2.75) is 38.6 Å². The van der Waals surface area contributed by atoms with Gasteiger partial charge in [-0.25, -0.2) is 0 Å². The molecule has 0 spiro atoms. The third-order valence-electron chi connectivity index (χ3n) is 2.50. The monoisotopic (exact) mass is 247 g/mol. The number of alkyl halides is 3. The number of ether oxygens (including phenoxy) is 1. The highest BCUT2D eigenvalue weighted by molar-refractivity contribution is 5.29. The molecule has 0 saturated carbocycles. The van der Waals surface area contributed by atoms with Gasteiger partial charge in [0.1, 0.15) is 11.8 Å². The summed E-state index contributed by atoms with van der Waals surface area (Å²) < 4.78 is 42.5. The standard InChI is InChI=1S/C12H16F3NO/c1-3-8(2)17-10-6-4-9(5-7-10)11(16)12(13,14)15/h4-8,11H,3,16H2,1-2H3/t8?,11-/m1/s1. The first-order valence-electron chi connectivity index (χ1n) is 5.43. The van der Waals surface area contributed by atoms with Gasteiger partial charge in [-0.05, 0) is 31.0 Å². The molecule has 17 heavy (non-hydrogen) atoms. The van der Waals surface area contributed by atoms with E-state index in [1.54, 1.807) is 0 Å². The highest BCUT2D eigenvalue weighted by Gasteiger charge is 2.37. The molecule has 0 aliphatic carbocycles. The molecule has 96 valence electrons. The molecule has 2 N–H and O–H groups in total. The second kappa shape index (κ2) is 5.40. The van der Waals surface area contributed by atoms with Crippen LogP contribution in [0, 0.1) is 0 Å². The summed E-state index contributed by atoms with van der Waals surface area (Å²) in [5.74, 6) is 0.553. The summed E-state index contributed by atoms with van der Waals surface area (Å²) in [5.41, 5.74) is 5.12. The van der Waals surface area contributed by atoms with E-state index in [1.165, 1.54) is 24.3 Å². The normalized spacial score (nSPS) is 15.4. The van der Waals surface area contributed by atoms with Crippen molar-refractivity contribution in [1.29, 1.82) is 0 Å². The van der Waals surface area contributed by atoms with Gasteiger partial charge in [0.25, 0.3) is 0 Å². The molecule has 0 aromatic heterocycles. The van der Waals surface area contributed by atoms with Crippen molar-refractivity contribution in [3.05, 3.63) is 29.8 Å². The fraction of sp³-hybridized carbons (Fsp3) is 0.500. The molecule has 1 aromatic rings. The van der Waals surface area contributed by atoms with Gasteiger partial charge in [0, 0.05) is 0 Å². The van der Waals surface area contributed by atoms with Gasteiger partial charge < -0.3 is 10.5 Å². The van der Waals surface area contributed by atoms with E-state index in [-0.39, 0.29) is 11.7 Å². The average molecular weight is 247 g/mol. The van der Waals surface area contributed by atoms with E-state index in [0.29, 0.717) is 5.75 Å². The molecule has 1 rings (SSSR count). The number of hydrogen-bond acceptors (Lipinski definition) is 2. The van der Waals surface area contributed by atoms with Crippen LogP contribution in [0.5, 0.6) is 5.75 Å². The number of benzene rings is 1. The van der Waals surface area contributed by atoms with Crippen molar-refractivity contribution in [1.82, 2.24) is 0 Å². The lowest BCUT2D eigenvalue weighted by Gasteiger charge is -2.17. The SMILES string of the molecule is CCC(C)Oc1ccc([C@@H](N)C(F)(F)F)cc1. The molecule has 0 aliphatic rings. The molecule has 0 heterocycles. The summed E-state index contributed by atoms with van der Waals surface area (Å²) in [5, 5.41) is 0. The van der Waals surface area contributed by atoms with Crippen LogP contribution < -0.4 is 10.5 Å². The van der Waals surface area contributed by atoms with Crippen molar-refractivity contribution < 1.29 is 17.9 Å². The maximum atomic E-state index is 12.3. The lowest BCUT2D eigenvalue weighted by Crippen LogP contribution is -2.28. The van der Waals surface area contributed by atoms with E-state index in [1.807, 2.05) is 13.8 Å². The van der Waals surface area contributed by atoms with Crippen LogP contribution in [-0.4, -0.2) is 12.3 Å². The molecule has 2 nitrogen and oxygen atoms in total. The molecular weight excluding hydrogens is 231 g/mol. The third-order valence-corrected chi connectivity index (χ3v) is 2.50. The van der Waals surface area contributed by atoms with E-state index in [2.05, 4.69) is 0 Å². The van der Waals surface area contributed by atoms with E-state index < -0.39 is 12.2 Å². The molecular formula is C12H16F3NO. The lowest BCUT2D eigenvalue weighted by atomic mass is 10.1. The Hall–Kier alpha value is -1.23. The van der Waals surface area contributed by atoms with Gasteiger partial charge >= 0.3 is 6.18 Å². The molecule has 0 saturated heterocycles. The third kappa shape index (κ3) is 3.93. The van der Waals surface area contributed by atoms with Gasteiger partial charge in [-0.15, -0.1) is 0 Å². The Morgan fingerprint density at radius 1 is 1.24 bits per heavy atom. The first-order chi connectivity index (χ1) is 7.84. The van der Waals surface area contributed by atoms with Crippen LogP contribution in [0.3, 0.4) is 0 Å². The second-order valence-electron chi connectivity index (χ2n) is 3.93. The Balaban J connectivity index is 2.74. The zero-order valence-corrected chi connectivity index (χ0v) is 9.79. The Morgan fingerprint density at radius 2 is 1.76 bits per heavy atom. The molecule has 0 bridgehead atoms. The minimum atomic E-state index is -4.42. The van der Waals surface area contributed by atoms with E-state index in [4.69, 9.17) is 10.5 Å². The largest absolute Gasteiger partial charge is 0.491 e. The summed E-state index contributed by atoms with van der Waals surface area (Å²) in [6.07, 6.45) is -3.54. The smallest absolute Gasteiger partial charge is 0.407 e. The van der Waals surface area contributed by atoms with E-state index in [0.717, 1.165) is 6.42 Å². The average Bonchev–Trinajstić information content (AvgIpc) is 2.27. The minimum absolute atomic E-state index is 0.0361. The van der Waals surface area contributed by atoms with Crippen molar-refractivity contribution in [2.24, 2.45) is 5.73 Å².